The Balaban J connectivity index is 1.95. The maximum absolute atomic E-state index is 13.4. The molecule has 2 atom stereocenters. The molecule has 0 N–H and O–H groups in total. The Morgan fingerprint density at radius 3 is 2.60 bits per heavy atom. The number of furan rings is 1. The standard InChI is InChI=1S/C26H33N3O6/c1-6-20-13-19(9-10-34-20)29(26(31)33-8-3)22-21-12-17(18-14-27-28(5)15-18)11-16(4)23(21)35-24(22)25(30)32-7-2/h11-12,14-15,19-20H,6-10,13H2,1-5H3/t19-,20-/m0/s1. The number of hydrogen-bond donors (Lipinski definition) is 0. The second-order valence-electron chi connectivity index (χ2n) is 8.72. The smallest absolute Gasteiger partial charge is 0.414 e. The molecule has 1 saturated heterocycles. The summed E-state index contributed by atoms with van der Waals surface area (Å²) in [6, 6.07) is 3.70. The minimum Gasteiger partial charge on any atom is -0.460 e. The lowest BCUT2D eigenvalue weighted by atomic mass is 9.98. The fourth-order valence-corrected chi connectivity index (χ4v) is 4.66. The van der Waals surface area contributed by atoms with Crippen molar-refractivity contribution in [2.45, 2.75) is 59.1 Å². The number of aromatic nitrogens is 2. The molecule has 0 spiro atoms. The van der Waals surface area contributed by atoms with E-state index in [-0.39, 0.29) is 31.1 Å². The lowest BCUT2D eigenvalue weighted by Crippen LogP contribution is -2.46. The zero-order chi connectivity index (χ0) is 25.1. The van der Waals surface area contributed by atoms with Crippen LogP contribution in [0.3, 0.4) is 0 Å². The van der Waals surface area contributed by atoms with Crippen LogP contribution in [0.2, 0.25) is 0 Å². The van der Waals surface area contributed by atoms with Crippen molar-refractivity contribution in [1.82, 2.24) is 9.78 Å². The van der Waals surface area contributed by atoms with Gasteiger partial charge in [0.15, 0.2) is 0 Å². The first-order chi connectivity index (χ1) is 16.9. The van der Waals surface area contributed by atoms with Gasteiger partial charge in [0.2, 0.25) is 5.76 Å². The number of carbonyl (C=O) groups is 2. The quantitative estimate of drug-likeness (QED) is 0.424. The number of nitrogens with zero attached hydrogens (tertiary/aromatic N) is 3. The van der Waals surface area contributed by atoms with Gasteiger partial charge in [0.05, 0.1) is 25.5 Å². The van der Waals surface area contributed by atoms with E-state index in [1.807, 2.05) is 32.3 Å². The highest BCUT2D eigenvalue weighted by molar-refractivity contribution is 6.11. The van der Waals surface area contributed by atoms with Gasteiger partial charge < -0.3 is 18.6 Å². The minimum absolute atomic E-state index is 0.000815. The van der Waals surface area contributed by atoms with Crippen molar-refractivity contribution in [1.29, 1.82) is 0 Å². The molecule has 4 rings (SSSR count). The van der Waals surface area contributed by atoms with Crippen molar-refractivity contribution in [3.05, 3.63) is 35.9 Å². The van der Waals surface area contributed by atoms with Crippen LogP contribution in [0.1, 0.15) is 56.2 Å². The second-order valence-corrected chi connectivity index (χ2v) is 8.72. The third-order valence-electron chi connectivity index (χ3n) is 6.31. The Morgan fingerprint density at radius 1 is 1.17 bits per heavy atom. The molecular formula is C26H33N3O6. The molecular weight excluding hydrogens is 450 g/mol. The first-order valence-corrected chi connectivity index (χ1v) is 12.2. The van der Waals surface area contributed by atoms with Crippen LogP contribution < -0.4 is 4.90 Å². The lowest BCUT2D eigenvalue weighted by molar-refractivity contribution is 0.00465. The van der Waals surface area contributed by atoms with Crippen LogP contribution in [0, 0.1) is 6.92 Å². The fourth-order valence-electron chi connectivity index (χ4n) is 4.66. The van der Waals surface area contributed by atoms with Crippen LogP contribution in [0.4, 0.5) is 10.5 Å². The maximum Gasteiger partial charge on any atom is 0.414 e. The highest BCUT2D eigenvalue weighted by Crippen LogP contribution is 2.41. The average Bonchev–Trinajstić information content (AvgIpc) is 3.44. The molecule has 0 unspecified atom stereocenters. The topological polar surface area (TPSA) is 96.0 Å². The van der Waals surface area contributed by atoms with Crippen LogP contribution in [0.15, 0.2) is 28.9 Å². The second kappa shape index (κ2) is 10.5. The first kappa shape index (κ1) is 24.8. The molecule has 0 saturated carbocycles. The highest BCUT2D eigenvalue weighted by Gasteiger charge is 2.38. The number of fused-ring (bicyclic) bond motifs is 1. The summed E-state index contributed by atoms with van der Waals surface area (Å²) in [5.41, 5.74) is 3.57. The summed E-state index contributed by atoms with van der Waals surface area (Å²) < 4.78 is 24.5. The van der Waals surface area contributed by atoms with Crippen molar-refractivity contribution in [3.8, 4) is 11.1 Å². The van der Waals surface area contributed by atoms with Crippen molar-refractivity contribution in [2.75, 3.05) is 24.7 Å². The highest BCUT2D eigenvalue weighted by atomic mass is 16.6. The van der Waals surface area contributed by atoms with Gasteiger partial charge in [0.1, 0.15) is 11.3 Å². The molecule has 1 aromatic carbocycles. The third kappa shape index (κ3) is 4.91. The zero-order valence-electron chi connectivity index (χ0n) is 21.0. The van der Waals surface area contributed by atoms with E-state index < -0.39 is 12.1 Å². The monoisotopic (exact) mass is 483 g/mol. The Kier molecular flexibility index (Phi) is 7.45. The molecule has 1 aliphatic heterocycles. The molecule has 1 aliphatic rings. The number of hydrogen-bond acceptors (Lipinski definition) is 7. The fraction of sp³-hybridized carbons (Fsp3) is 0.500. The first-order valence-electron chi connectivity index (χ1n) is 12.2. The predicted octanol–water partition coefficient (Wildman–Crippen LogP) is 5.24. The minimum atomic E-state index is -0.616. The summed E-state index contributed by atoms with van der Waals surface area (Å²) in [5.74, 6) is -0.615. The molecule has 35 heavy (non-hydrogen) atoms. The predicted molar refractivity (Wildman–Crippen MR) is 132 cm³/mol. The number of aryl methyl sites for hydroxylation is 2. The Morgan fingerprint density at radius 2 is 1.94 bits per heavy atom. The largest absolute Gasteiger partial charge is 0.460 e. The van der Waals surface area contributed by atoms with Gasteiger partial charge >= 0.3 is 12.1 Å². The molecule has 0 bridgehead atoms. The molecule has 0 radical (unpaired) electrons. The van der Waals surface area contributed by atoms with Gasteiger partial charge in [-0.15, -0.1) is 0 Å². The van der Waals surface area contributed by atoms with Crippen LogP contribution >= 0.6 is 0 Å². The number of ether oxygens (including phenoxy) is 3. The van der Waals surface area contributed by atoms with E-state index in [9.17, 15) is 9.59 Å². The number of esters is 1. The number of anilines is 1. The average molecular weight is 484 g/mol. The van der Waals surface area contributed by atoms with Crippen LogP contribution in [0.5, 0.6) is 0 Å². The van der Waals surface area contributed by atoms with E-state index in [0.29, 0.717) is 36.1 Å². The summed E-state index contributed by atoms with van der Waals surface area (Å²) in [6.45, 7) is 8.38. The number of rotatable bonds is 7. The molecule has 1 amide bonds. The molecule has 2 aromatic heterocycles. The summed E-state index contributed by atoms with van der Waals surface area (Å²) in [7, 11) is 1.86. The van der Waals surface area contributed by atoms with Gasteiger partial charge in [-0.05, 0) is 63.3 Å². The van der Waals surface area contributed by atoms with Crippen molar-refractivity contribution in [3.63, 3.8) is 0 Å². The molecule has 3 aromatic rings. The Bertz CT molecular complexity index is 1210. The van der Waals surface area contributed by atoms with Gasteiger partial charge in [0.25, 0.3) is 0 Å². The molecule has 3 heterocycles. The van der Waals surface area contributed by atoms with Gasteiger partial charge in [-0.2, -0.15) is 5.10 Å². The van der Waals surface area contributed by atoms with Crippen LogP contribution in [-0.4, -0.2) is 53.8 Å². The van der Waals surface area contributed by atoms with Crippen LogP contribution in [0.25, 0.3) is 22.1 Å². The summed E-state index contributed by atoms with van der Waals surface area (Å²) in [5, 5.41) is 4.93. The van der Waals surface area contributed by atoms with Gasteiger partial charge in [0, 0.05) is 36.8 Å². The number of benzene rings is 1. The number of amides is 1. The van der Waals surface area contributed by atoms with E-state index in [0.717, 1.165) is 23.1 Å². The van der Waals surface area contributed by atoms with Gasteiger partial charge in [-0.25, -0.2) is 9.59 Å². The normalized spacial score (nSPS) is 18.0. The summed E-state index contributed by atoms with van der Waals surface area (Å²) in [6.07, 6.45) is 5.26. The van der Waals surface area contributed by atoms with Crippen molar-refractivity contribution in [2.24, 2.45) is 7.05 Å². The lowest BCUT2D eigenvalue weighted by Gasteiger charge is -2.36. The summed E-state index contributed by atoms with van der Waals surface area (Å²) in [4.78, 5) is 28.1. The van der Waals surface area contributed by atoms with Crippen molar-refractivity contribution < 1.29 is 28.2 Å². The molecule has 1 fully saturated rings. The SMILES string of the molecule is CCOC(=O)c1oc2c(C)cc(-c3cnn(C)c3)cc2c1N(C(=O)OCC)[C@H]1CCO[C@@H](CC)C1. The Labute approximate surface area is 204 Å². The Hall–Kier alpha value is -3.33. The van der Waals surface area contributed by atoms with Gasteiger partial charge in [-0.1, -0.05) is 6.92 Å². The van der Waals surface area contributed by atoms with E-state index >= 15 is 0 Å². The van der Waals surface area contributed by atoms with Crippen LogP contribution in [-0.2, 0) is 21.3 Å². The third-order valence-corrected chi connectivity index (χ3v) is 6.31. The number of carbonyl (C=O) groups excluding carboxylic acids is 2. The van der Waals surface area contributed by atoms with E-state index in [2.05, 4.69) is 12.0 Å². The molecule has 9 heteroatoms. The molecule has 188 valence electrons. The maximum atomic E-state index is 13.4. The summed E-state index contributed by atoms with van der Waals surface area (Å²) >= 11 is 0. The van der Waals surface area contributed by atoms with E-state index in [1.54, 1.807) is 29.6 Å². The molecule has 9 nitrogen and oxygen atoms in total. The van der Waals surface area contributed by atoms with Crippen molar-refractivity contribution >= 4 is 28.7 Å². The molecule has 0 aliphatic carbocycles. The van der Waals surface area contributed by atoms with Gasteiger partial charge in [-0.3, -0.25) is 9.58 Å². The van der Waals surface area contributed by atoms with E-state index in [1.165, 1.54) is 0 Å². The van der Waals surface area contributed by atoms with E-state index in [4.69, 9.17) is 18.6 Å². The zero-order valence-corrected chi connectivity index (χ0v) is 21.0.